The summed E-state index contributed by atoms with van der Waals surface area (Å²) in [4.78, 5) is 4.41. The number of methoxy groups -OCH3 is 1. The van der Waals surface area contributed by atoms with Crippen LogP contribution in [-0.4, -0.2) is 19.1 Å². The molecule has 0 aromatic heterocycles. The molecular formula is C17H19FIN3O. The Labute approximate surface area is 152 Å². The Morgan fingerprint density at radius 2 is 2.04 bits per heavy atom. The molecule has 1 aliphatic rings. The Balaban J connectivity index is 0.00000192. The molecule has 4 nitrogen and oxygen atoms in total. The minimum atomic E-state index is -0.176. The van der Waals surface area contributed by atoms with Crippen LogP contribution in [0.4, 0.5) is 10.1 Å². The summed E-state index contributed by atoms with van der Waals surface area (Å²) in [5, 5.41) is 3.03. The van der Waals surface area contributed by atoms with Gasteiger partial charge in [0.05, 0.1) is 13.2 Å². The average molecular weight is 427 g/mol. The van der Waals surface area contributed by atoms with Crippen LogP contribution in [0.25, 0.3) is 0 Å². The zero-order valence-corrected chi connectivity index (χ0v) is 15.0. The number of hydrogen-bond donors (Lipinski definition) is 2. The molecule has 2 aromatic carbocycles. The topological polar surface area (TPSA) is 59.6 Å². The van der Waals surface area contributed by atoms with Gasteiger partial charge in [0.15, 0.2) is 5.96 Å². The molecule has 2 unspecified atom stereocenters. The third-order valence-electron chi connectivity index (χ3n) is 3.71. The van der Waals surface area contributed by atoms with Crippen molar-refractivity contribution in [2.45, 2.75) is 18.4 Å². The van der Waals surface area contributed by atoms with Gasteiger partial charge in [-0.1, -0.05) is 24.3 Å². The molecule has 2 aromatic rings. The van der Waals surface area contributed by atoms with Crippen LogP contribution in [0.1, 0.15) is 17.9 Å². The molecule has 0 spiro atoms. The maximum Gasteiger partial charge on any atom is 0.193 e. The first kappa shape index (κ1) is 17.5. The smallest absolute Gasteiger partial charge is 0.193 e. The summed E-state index contributed by atoms with van der Waals surface area (Å²) in [5.41, 5.74) is 7.44. The fraction of sp³-hybridized carbons (Fsp3) is 0.235. The van der Waals surface area contributed by atoms with E-state index in [1.165, 1.54) is 6.07 Å². The number of nitrogens with one attached hydrogen (secondary N) is 1. The van der Waals surface area contributed by atoms with Gasteiger partial charge in [-0.3, -0.25) is 0 Å². The highest BCUT2D eigenvalue weighted by Gasteiger charge is 2.40. The van der Waals surface area contributed by atoms with Crippen molar-refractivity contribution in [1.29, 1.82) is 0 Å². The summed E-state index contributed by atoms with van der Waals surface area (Å²) >= 11 is 0. The maximum atomic E-state index is 13.7. The quantitative estimate of drug-likeness (QED) is 0.444. The number of nitrogens with two attached hydrogens (primary N) is 1. The molecule has 0 aliphatic heterocycles. The molecule has 6 heteroatoms. The van der Waals surface area contributed by atoms with Crippen LogP contribution in [0.15, 0.2) is 53.5 Å². The fourth-order valence-corrected chi connectivity index (χ4v) is 2.49. The van der Waals surface area contributed by atoms with E-state index in [1.54, 1.807) is 19.2 Å². The van der Waals surface area contributed by atoms with Gasteiger partial charge in [0, 0.05) is 17.7 Å². The van der Waals surface area contributed by atoms with Crippen LogP contribution < -0.4 is 15.8 Å². The van der Waals surface area contributed by atoms with Crippen molar-refractivity contribution in [2.24, 2.45) is 10.7 Å². The maximum absolute atomic E-state index is 13.7. The molecule has 1 saturated carbocycles. The Bertz CT molecular complexity index is 708. The molecule has 2 atom stereocenters. The van der Waals surface area contributed by atoms with Crippen molar-refractivity contribution < 1.29 is 9.13 Å². The van der Waals surface area contributed by atoms with Crippen LogP contribution in [0.3, 0.4) is 0 Å². The molecule has 3 rings (SSSR count). The lowest BCUT2D eigenvalue weighted by Gasteiger charge is -2.07. The van der Waals surface area contributed by atoms with Gasteiger partial charge in [-0.05, 0) is 30.2 Å². The zero-order valence-electron chi connectivity index (χ0n) is 12.7. The largest absolute Gasteiger partial charge is 0.497 e. The molecule has 0 bridgehead atoms. The highest BCUT2D eigenvalue weighted by atomic mass is 127. The Morgan fingerprint density at radius 1 is 1.26 bits per heavy atom. The number of nitrogens with zero attached hydrogens (tertiary/aromatic N) is 1. The SMILES string of the molecule is COc1cccc(NC(N)=NC2CC2c2ccccc2F)c1.I. The first-order valence-electron chi connectivity index (χ1n) is 7.16. The lowest BCUT2D eigenvalue weighted by molar-refractivity contribution is 0.415. The number of halogens is 2. The van der Waals surface area contributed by atoms with Gasteiger partial charge in [0.25, 0.3) is 0 Å². The molecule has 122 valence electrons. The highest BCUT2D eigenvalue weighted by molar-refractivity contribution is 14.0. The van der Waals surface area contributed by atoms with Crippen molar-refractivity contribution in [3.05, 3.63) is 59.9 Å². The predicted molar refractivity (Wildman–Crippen MR) is 101 cm³/mol. The second-order valence-corrected chi connectivity index (χ2v) is 5.30. The van der Waals surface area contributed by atoms with Crippen LogP contribution in [0, 0.1) is 5.82 Å². The third-order valence-corrected chi connectivity index (χ3v) is 3.71. The van der Waals surface area contributed by atoms with Gasteiger partial charge < -0.3 is 15.8 Å². The minimum absolute atomic E-state index is 0. The van der Waals surface area contributed by atoms with E-state index >= 15 is 0 Å². The first-order chi connectivity index (χ1) is 10.7. The van der Waals surface area contributed by atoms with Crippen molar-refractivity contribution in [3.8, 4) is 5.75 Å². The van der Waals surface area contributed by atoms with Gasteiger partial charge in [-0.2, -0.15) is 0 Å². The van der Waals surface area contributed by atoms with Crippen molar-refractivity contribution >= 4 is 35.6 Å². The number of guanidine groups is 1. The van der Waals surface area contributed by atoms with Crippen LogP contribution in [-0.2, 0) is 0 Å². The average Bonchev–Trinajstić information content (AvgIpc) is 3.26. The second-order valence-electron chi connectivity index (χ2n) is 5.30. The molecule has 3 N–H and O–H groups in total. The van der Waals surface area contributed by atoms with E-state index in [1.807, 2.05) is 30.3 Å². The molecular weight excluding hydrogens is 408 g/mol. The van der Waals surface area contributed by atoms with E-state index in [4.69, 9.17) is 10.5 Å². The summed E-state index contributed by atoms with van der Waals surface area (Å²) in [6.45, 7) is 0. The summed E-state index contributed by atoms with van der Waals surface area (Å²) in [6.07, 6.45) is 0.821. The lowest BCUT2D eigenvalue weighted by Crippen LogP contribution is -2.23. The summed E-state index contributed by atoms with van der Waals surface area (Å²) in [7, 11) is 1.61. The van der Waals surface area contributed by atoms with Gasteiger partial charge in [0.2, 0.25) is 0 Å². The Hall–Kier alpha value is -1.83. The molecule has 1 aliphatic carbocycles. The van der Waals surface area contributed by atoms with E-state index < -0.39 is 0 Å². The van der Waals surface area contributed by atoms with E-state index in [0.29, 0.717) is 11.5 Å². The zero-order chi connectivity index (χ0) is 15.5. The summed E-state index contributed by atoms with van der Waals surface area (Å²) < 4.78 is 18.9. The second kappa shape index (κ2) is 7.63. The Kier molecular flexibility index (Phi) is 5.81. The monoisotopic (exact) mass is 427 g/mol. The standard InChI is InChI=1S/C17H18FN3O.HI/c1-22-12-6-4-5-11(9-12)20-17(19)21-16-10-14(16)13-7-2-3-8-15(13)18;/h2-9,14,16H,10H2,1H3,(H3,19,20,21);1H. The molecule has 0 amide bonds. The summed E-state index contributed by atoms with van der Waals surface area (Å²) in [5.74, 6) is 1.02. The molecule has 1 fully saturated rings. The Morgan fingerprint density at radius 3 is 2.78 bits per heavy atom. The van der Waals surface area contributed by atoms with Crippen molar-refractivity contribution in [3.63, 3.8) is 0 Å². The molecule has 0 radical (unpaired) electrons. The van der Waals surface area contributed by atoms with E-state index in [2.05, 4.69) is 10.3 Å². The third kappa shape index (κ3) is 4.34. The van der Waals surface area contributed by atoms with Gasteiger partial charge in [0.1, 0.15) is 11.6 Å². The number of benzene rings is 2. The molecule has 23 heavy (non-hydrogen) atoms. The lowest BCUT2D eigenvalue weighted by atomic mass is 10.1. The molecule has 0 heterocycles. The van der Waals surface area contributed by atoms with Crippen molar-refractivity contribution in [1.82, 2.24) is 0 Å². The number of ether oxygens (including phenoxy) is 1. The van der Waals surface area contributed by atoms with Gasteiger partial charge >= 0.3 is 0 Å². The van der Waals surface area contributed by atoms with Crippen molar-refractivity contribution in [2.75, 3.05) is 12.4 Å². The number of rotatable bonds is 4. The van der Waals surface area contributed by atoms with Crippen LogP contribution in [0.5, 0.6) is 5.75 Å². The van der Waals surface area contributed by atoms with E-state index in [0.717, 1.165) is 17.9 Å². The normalized spacial score (nSPS) is 19.7. The van der Waals surface area contributed by atoms with Crippen LogP contribution >= 0.6 is 24.0 Å². The van der Waals surface area contributed by atoms with Gasteiger partial charge in [-0.15, -0.1) is 24.0 Å². The van der Waals surface area contributed by atoms with Gasteiger partial charge in [-0.25, -0.2) is 9.38 Å². The number of aliphatic imine (C=N–C) groups is 1. The number of anilines is 1. The number of hydrogen-bond acceptors (Lipinski definition) is 2. The minimum Gasteiger partial charge on any atom is -0.497 e. The fourth-order valence-electron chi connectivity index (χ4n) is 2.49. The van der Waals surface area contributed by atoms with E-state index in [9.17, 15) is 4.39 Å². The summed E-state index contributed by atoms with van der Waals surface area (Å²) in [6, 6.07) is 14.3. The highest BCUT2D eigenvalue weighted by Crippen LogP contribution is 2.44. The van der Waals surface area contributed by atoms with E-state index in [-0.39, 0.29) is 41.8 Å². The van der Waals surface area contributed by atoms with Crippen LogP contribution in [0.2, 0.25) is 0 Å². The molecule has 0 saturated heterocycles. The predicted octanol–water partition coefficient (Wildman–Crippen LogP) is 3.74. The first-order valence-corrected chi connectivity index (χ1v) is 7.16.